The predicted molar refractivity (Wildman–Crippen MR) is 104 cm³/mol. The predicted octanol–water partition coefficient (Wildman–Crippen LogP) is 5.07. The molecule has 1 aromatic heterocycles. The molecule has 0 fully saturated rings. The molecule has 1 N–H and O–H groups in total. The standard InChI is InChI=1S/C18H15ClIN3/c1-11-2-7-14(10-16(11)19)23-18-15(8-9-21-18)17(22-23)12-3-5-13(20)6-4-12/h2-7,10,21H,8-9H2,1H3. The van der Waals surface area contributed by atoms with E-state index in [1.165, 1.54) is 9.13 Å². The Kier molecular flexibility index (Phi) is 3.81. The number of anilines is 1. The zero-order valence-electron chi connectivity index (χ0n) is 12.6. The van der Waals surface area contributed by atoms with Crippen LogP contribution in [0.25, 0.3) is 16.9 Å². The number of halogens is 2. The summed E-state index contributed by atoms with van der Waals surface area (Å²) in [4.78, 5) is 0. The highest BCUT2D eigenvalue weighted by Gasteiger charge is 2.24. The number of nitrogens with one attached hydrogen (secondary N) is 1. The quantitative estimate of drug-likeness (QED) is 0.569. The molecule has 0 radical (unpaired) electrons. The smallest absolute Gasteiger partial charge is 0.133 e. The van der Waals surface area contributed by atoms with Crippen LogP contribution < -0.4 is 5.32 Å². The molecule has 0 bridgehead atoms. The van der Waals surface area contributed by atoms with Gasteiger partial charge in [0.25, 0.3) is 0 Å². The number of benzene rings is 2. The molecule has 3 aromatic rings. The number of hydrogen-bond donors (Lipinski definition) is 1. The zero-order chi connectivity index (χ0) is 16.0. The van der Waals surface area contributed by atoms with Crippen LogP contribution in [0.2, 0.25) is 5.02 Å². The van der Waals surface area contributed by atoms with Crippen LogP contribution in [0.15, 0.2) is 42.5 Å². The average molecular weight is 436 g/mol. The maximum Gasteiger partial charge on any atom is 0.133 e. The normalized spacial score (nSPS) is 13.0. The lowest BCUT2D eigenvalue weighted by Crippen LogP contribution is -2.04. The molecule has 116 valence electrons. The fraction of sp³-hybridized carbons (Fsp3) is 0.167. The molecule has 1 aliphatic rings. The summed E-state index contributed by atoms with van der Waals surface area (Å²) >= 11 is 8.61. The Labute approximate surface area is 153 Å². The SMILES string of the molecule is Cc1ccc(-n2nc(-c3ccc(I)cc3)c3c2NCC3)cc1Cl. The molecule has 0 unspecified atom stereocenters. The van der Waals surface area contributed by atoms with Gasteiger partial charge in [0, 0.05) is 26.3 Å². The van der Waals surface area contributed by atoms with Crippen LogP contribution in [0, 0.1) is 10.5 Å². The Morgan fingerprint density at radius 2 is 1.96 bits per heavy atom. The summed E-state index contributed by atoms with van der Waals surface area (Å²) in [6.07, 6.45) is 0.996. The summed E-state index contributed by atoms with van der Waals surface area (Å²) in [5.41, 5.74) is 5.55. The summed E-state index contributed by atoms with van der Waals surface area (Å²) < 4.78 is 3.20. The van der Waals surface area contributed by atoms with Crippen LogP contribution in [-0.2, 0) is 6.42 Å². The van der Waals surface area contributed by atoms with Gasteiger partial charge < -0.3 is 5.32 Å². The fourth-order valence-electron chi connectivity index (χ4n) is 2.91. The molecule has 3 nitrogen and oxygen atoms in total. The molecule has 0 saturated carbocycles. The molecule has 2 aromatic carbocycles. The van der Waals surface area contributed by atoms with Crippen LogP contribution in [0.3, 0.4) is 0 Å². The van der Waals surface area contributed by atoms with Gasteiger partial charge in [0.15, 0.2) is 0 Å². The minimum atomic E-state index is 0.764. The largest absolute Gasteiger partial charge is 0.369 e. The molecule has 1 aliphatic heterocycles. The summed E-state index contributed by atoms with van der Waals surface area (Å²) in [6.45, 7) is 2.96. The Bertz CT molecular complexity index is 884. The Hall–Kier alpha value is -1.53. The van der Waals surface area contributed by atoms with Crippen LogP contribution in [0.5, 0.6) is 0 Å². The van der Waals surface area contributed by atoms with Crippen molar-refractivity contribution >= 4 is 40.0 Å². The molecule has 5 heteroatoms. The van der Waals surface area contributed by atoms with Gasteiger partial charge in [0.05, 0.1) is 11.4 Å². The Balaban J connectivity index is 1.87. The van der Waals surface area contributed by atoms with E-state index in [0.29, 0.717) is 0 Å². The Morgan fingerprint density at radius 1 is 1.17 bits per heavy atom. The number of rotatable bonds is 2. The lowest BCUT2D eigenvalue weighted by atomic mass is 10.1. The summed E-state index contributed by atoms with van der Waals surface area (Å²) in [7, 11) is 0. The van der Waals surface area contributed by atoms with Gasteiger partial charge in [0.1, 0.15) is 5.82 Å². The van der Waals surface area contributed by atoms with Crippen LogP contribution >= 0.6 is 34.2 Å². The summed E-state index contributed by atoms with van der Waals surface area (Å²) in [5, 5.41) is 9.09. The first-order valence-electron chi connectivity index (χ1n) is 7.52. The molecule has 4 rings (SSSR count). The molecule has 0 atom stereocenters. The van der Waals surface area contributed by atoms with E-state index in [4.69, 9.17) is 16.7 Å². The monoisotopic (exact) mass is 435 g/mol. The third-order valence-electron chi connectivity index (χ3n) is 4.17. The van der Waals surface area contributed by atoms with Gasteiger partial charge in [-0.2, -0.15) is 5.10 Å². The highest BCUT2D eigenvalue weighted by Crippen LogP contribution is 2.35. The molecule has 23 heavy (non-hydrogen) atoms. The zero-order valence-corrected chi connectivity index (χ0v) is 15.5. The molecule has 2 heterocycles. The maximum atomic E-state index is 6.29. The van der Waals surface area contributed by atoms with Gasteiger partial charge in [-0.3, -0.25) is 0 Å². The van der Waals surface area contributed by atoms with Gasteiger partial charge in [-0.05, 0) is 65.8 Å². The topological polar surface area (TPSA) is 29.9 Å². The van der Waals surface area contributed by atoms with Gasteiger partial charge in [-0.15, -0.1) is 0 Å². The molecule has 0 saturated heterocycles. The lowest BCUT2D eigenvalue weighted by Gasteiger charge is -2.08. The first kappa shape index (κ1) is 15.0. The second-order valence-electron chi connectivity index (χ2n) is 5.70. The summed E-state index contributed by atoms with van der Waals surface area (Å²) in [6, 6.07) is 14.6. The second-order valence-corrected chi connectivity index (χ2v) is 7.36. The minimum absolute atomic E-state index is 0.764. The fourth-order valence-corrected chi connectivity index (χ4v) is 3.45. The molecular weight excluding hydrogens is 421 g/mol. The van der Waals surface area contributed by atoms with E-state index < -0.39 is 0 Å². The Morgan fingerprint density at radius 3 is 2.70 bits per heavy atom. The van der Waals surface area contributed by atoms with E-state index in [0.717, 1.165) is 46.3 Å². The van der Waals surface area contributed by atoms with E-state index in [9.17, 15) is 0 Å². The molecule has 0 spiro atoms. The number of hydrogen-bond acceptors (Lipinski definition) is 2. The molecular formula is C18H15ClIN3. The molecule has 0 amide bonds. The number of nitrogens with zero attached hydrogens (tertiary/aromatic N) is 2. The van der Waals surface area contributed by atoms with E-state index in [1.54, 1.807) is 0 Å². The van der Waals surface area contributed by atoms with Gasteiger partial charge in [-0.1, -0.05) is 29.8 Å². The van der Waals surface area contributed by atoms with Crippen molar-refractivity contribution in [3.63, 3.8) is 0 Å². The van der Waals surface area contributed by atoms with Crippen LogP contribution in [0.1, 0.15) is 11.1 Å². The molecule has 0 aliphatic carbocycles. The first-order valence-corrected chi connectivity index (χ1v) is 8.97. The summed E-state index contributed by atoms with van der Waals surface area (Å²) in [5.74, 6) is 1.08. The van der Waals surface area contributed by atoms with Gasteiger partial charge in [0.2, 0.25) is 0 Å². The van der Waals surface area contributed by atoms with E-state index in [2.05, 4.69) is 58.2 Å². The van der Waals surface area contributed by atoms with Crippen molar-refractivity contribution in [2.75, 3.05) is 11.9 Å². The van der Waals surface area contributed by atoms with Gasteiger partial charge >= 0.3 is 0 Å². The third-order valence-corrected chi connectivity index (χ3v) is 5.29. The average Bonchev–Trinajstić information content (AvgIpc) is 3.13. The van der Waals surface area contributed by atoms with E-state index >= 15 is 0 Å². The van der Waals surface area contributed by atoms with Crippen molar-refractivity contribution in [2.45, 2.75) is 13.3 Å². The van der Waals surface area contributed by atoms with Crippen molar-refractivity contribution < 1.29 is 0 Å². The third kappa shape index (κ3) is 2.64. The van der Waals surface area contributed by atoms with E-state index in [-0.39, 0.29) is 0 Å². The van der Waals surface area contributed by atoms with E-state index in [1.807, 2.05) is 23.7 Å². The second kappa shape index (κ2) is 5.83. The van der Waals surface area contributed by atoms with Crippen molar-refractivity contribution in [3.05, 3.63) is 62.2 Å². The van der Waals surface area contributed by atoms with Crippen LogP contribution in [0.4, 0.5) is 5.82 Å². The maximum absolute atomic E-state index is 6.29. The number of aryl methyl sites for hydroxylation is 1. The van der Waals surface area contributed by atoms with Crippen molar-refractivity contribution in [2.24, 2.45) is 0 Å². The number of aromatic nitrogens is 2. The lowest BCUT2D eigenvalue weighted by molar-refractivity contribution is 0.882. The minimum Gasteiger partial charge on any atom is -0.369 e. The van der Waals surface area contributed by atoms with Crippen molar-refractivity contribution in [1.82, 2.24) is 9.78 Å². The highest BCUT2D eigenvalue weighted by atomic mass is 127. The first-order chi connectivity index (χ1) is 11.1. The van der Waals surface area contributed by atoms with Crippen molar-refractivity contribution in [1.29, 1.82) is 0 Å². The highest BCUT2D eigenvalue weighted by molar-refractivity contribution is 14.1. The van der Waals surface area contributed by atoms with Crippen LogP contribution in [-0.4, -0.2) is 16.3 Å². The van der Waals surface area contributed by atoms with Gasteiger partial charge in [-0.25, -0.2) is 4.68 Å². The number of fused-ring (bicyclic) bond motifs is 1. The van der Waals surface area contributed by atoms with Crippen molar-refractivity contribution in [3.8, 4) is 16.9 Å².